The third-order valence-electron chi connectivity index (χ3n) is 4.77. The Balaban J connectivity index is 1.99. The highest BCUT2D eigenvalue weighted by Gasteiger charge is 2.56. The number of methoxy groups -OCH3 is 1. The van der Waals surface area contributed by atoms with Crippen LogP contribution in [0.15, 0.2) is 52.7 Å². The van der Waals surface area contributed by atoms with Gasteiger partial charge in [0.15, 0.2) is 0 Å². The lowest BCUT2D eigenvalue weighted by Crippen LogP contribution is -2.48. The highest BCUT2D eigenvalue weighted by molar-refractivity contribution is 6.05. The van der Waals surface area contributed by atoms with Gasteiger partial charge >= 0.3 is 5.79 Å². The third kappa shape index (κ3) is 3.38. The van der Waals surface area contributed by atoms with E-state index in [1.807, 2.05) is 51.1 Å². The molecule has 1 atom stereocenters. The van der Waals surface area contributed by atoms with Crippen molar-refractivity contribution in [3.63, 3.8) is 0 Å². The summed E-state index contributed by atoms with van der Waals surface area (Å²) in [6.07, 6.45) is 3.63. The molecule has 1 aromatic carbocycles. The van der Waals surface area contributed by atoms with Crippen LogP contribution in [-0.4, -0.2) is 24.6 Å². The minimum absolute atomic E-state index is 0.161. The summed E-state index contributed by atoms with van der Waals surface area (Å²) < 4.78 is 11.3. The van der Waals surface area contributed by atoms with E-state index in [1.165, 1.54) is 0 Å². The molecule has 0 N–H and O–H groups in total. The first-order valence-corrected chi connectivity index (χ1v) is 9.06. The van der Waals surface area contributed by atoms with Crippen molar-refractivity contribution in [3.05, 3.63) is 53.1 Å². The van der Waals surface area contributed by atoms with Crippen LogP contribution >= 0.6 is 0 Å². The lowest BCUT2D eigenvalue weighted by molar-refractivity contribution is -0.167. The molecule has 5 nitrogen and oxygen atoms in total. The van der Waals surface area contributed by atoms with Crippen molar-refractivity contribution in [1.82, 2.24) is 0 Å². The maximum absolute atomic E-state index is 13.1. The topological polar surface area (TPSA) is 57.1 Å². The van der Waals surface area contributed by atoms with Crippen molar-refractivity contribution in [2.75, 3.05) is 7.11 Å². The largest absolute Gasteiger partial charge is 0.497 e. The number of allylic oxidation sites excluding steroid dienone is 2. The minimum Gasteiger partial charge on any atom is -0.497 e. The molecule has 3 rings (SSSR count). The molecule has 0 aromatic heterocycles. The maximum atomic E-state index is 13.1. The first-order valence-electron chi connectivity index (χ1n) is 9.06. The van der Waals surface area contributed by atoms with Crippen LogP contribution in [0, 0.1) is 10.8 Å². The third-order valence-corrected chi connectivity index (χ3v) is 4.77. The van der Waals surface area contributed by atoms with E-state index < -0.39 is 5.79 Å². The summed E-state index contributed by atoms with van der Waals surface area (Å²) in [7, 11) is 1.61. The van der Waals surface area contributed by atoms with Crippen LogP contribution in [0.1, 0.15) is 47.1 Å². The predicted molar refractivity (Wildman–Crippen MR) is 105 cm³/mol. The number of carbonyl (C=O) groups is 1. The highest BCUT2D eigenvalue weighted by Crippen LogP contribution is 2.46. The summed E-state index contributed by atoms with van der Waals surface area (Å²) >= 11 is 0. The Kier molecular flexibility index (Phi) is 4.45. The zero-order valence-electron chi connectivity index (χ0n) is 17.0. The number of carbonyl (C=O) groups excluding carboxylic acids is 1. The smallest absolute Gasteiger partial charge is 0.364 e. The Morgan fingerprint density at radius 2 is 1.59 bits per heavy atom. The summed E-state index contributed by atoms with van der Waals surface area (Å²) in [5.41, 5.74) is 1.93. The van der Waals surface area contributed by atoms with Gasteiger partial charge in [-0.25, -0.2) is 0 Å². The monoisotopic (exact) mass is 369 g/mol. The average Bonchev–Trinajstić information content (AvgIpc) is 3.01. The van der Waals surface area contributed by atoms with Crippen molar-refractivity contribution in [3.8, 4) is 5.75 Å². The molecule has 144 valence electrons. The normalized spacial score (nSPS) is 22.6. The van der Waals surface area contributed by atoms with Crippen LogP contribution in [0.3, 0.4) is 0 Å². The van der Waals surface area contributed by atoms with Crippen molar-refractivity contribution in [2.45, 2.75) is 47.3 Å². The summed E-state index contributed by atoms with van der Waals surface area (Å²) in [6.45, 7) is 12.4. The number of ether oxygens (including phenoxy) is 2. The van der Waals surface area contributed by atoms with Gasteiger partial charge in [0.2, 0.25) is 5.78 Å². The number of rotatable bonds is 2. The summed E-state index contributed by atoms with van der Waals surface area (Å²) in [4.78, 5) is 18.8. The van der Waals surface area contributed by atoms with Gasteiger partial charge in [-0.15, -0.1) is 0 Å². The average molecular weight is 369 g/mol. The molecule has 0 bridgehead atoms. The van der Waals surface area contributed by atoms with E-state index in [-0.39, 0.29) is 22.5 Å². The van der Waals surface area contributed by atoms with Gasteiger partial charge < -0.3 is 14.3 Å². The Hall–Kier alpha value is -2.56. The second-order valence-electron chi connectivity index (χ2n) is 8.96. The van der Waals surface area contributed by atoms with E-state index in [0.29, 0.717) is 0 Å². The van der Waals surface area contributed by atoms with E-state index in [1.54, 1.807) is 13.2 Å². The summed E-state index contributed by atoms with van der Waals surface area (Å²) in [5.74, 6) is -0.766. The molecule has 2 aliphatic rings. The van der Waals surface area contributed by atoms with Gasteiger partial charge in [0.25, 0.3) is 5.90 Å². The van der Waals surface area contributed by atoms with Crippen molar-refractivity contribution in [2.24, 2.45) is 16.0 Å². The fourth-order valence-corrected chi connectivity index (χ4v) is 3.13. The first kappa shape index (κ1) is 19.2. The van der Waals surface area contributed by atoms with Gasteiger partial charge in [-0.3, -0.25) is 4.79 Å². The van der Waals surface area contributed by atoms with Crippen LogP contribution in [0.4, 0.5) is 0 Å². The zero-order chi connectivity index (χ0) is 20.0. The van der Waals surface area contributed by atoms with Gasteiger partial charge in [-0.1, -0.05) is 47.6 Å². The molecule has 1 aromatic rings. The van der Waals surface area contributed by atoms with E-state index in [0.717, 1.165) is 22.5 Å². The van der Waals surface area contributed by atoms with Crippen molar-refractivity contribution in [1.29, 1.82) is 0 Å². The number of hydrogen-bond acceptors (Lipinski definition) is 5. The minimum atomic E-state index is -1.54. The van der Waals surface area contributed by atoms with Gasteiger partial charge in [0, 0.05) is 11.1 Å². The molecule has 1 aliphatic carbocycles. The lowest BCUT2D eigenvalue weighted by atomic mass is 9.72. The van der Waals surface area contributed by atoms with E-state index in [4.69, 9.17) is 14.3 Å². The maximum Gasteiger partial charge on any atom is 0.364 e. The Morgan fingerprint density at radius 3 is 2.11 bits per heavy atom. The van der Waals surface area contributed by atoms with Crippen LogP contribution in [0.2, 0.25) is 0 Å². The standard InChI is InChI=1S/C22H27NO4/c1-20(2,3)15-12-17(21(4,5)6)22(18(24)13-15)26-19(23-27-22)14-8-10-16(25-7)11-9-14/h8-13H,1-7H3. The van der Waals surface area contributed by atoms with E-state index >= 15 is 0 Å². The molecule has 1 aliphatic heterocycles. The molecule has 0 amide bonds. The van der Waals surface area contributed by atoms with Gasteiger partial charge in [0.1, 0.15) is 5.75 Å². The molecule has 0 radical (unpaired) electrons. The summed E-state index contributed by atoms with van der Waals surface area (Å²) in [6, 6.07) is 7.27. The second-order valence-corrected chi connectivity index (χ2v) is 8.96. The van der Waals surface area contributed by atoms with Crippen LogP contribution < -0.4 is 4.74 Å². The van der Waals surface area contributed by atoms with Crippen molar-refractivity contribution < 1.29 is 19.1 Å². The molecule has 1 heterocycles. The quantitative estimate of drug-likeness (QED) is 0.763. The molecule has 5 heteroatoms. The van der Waals surface area contributed by atoms with Gasteiger partial charge in [0.05, 0.1) is 7.11 Å². The van der Waals surface area contributed by atoms with Crippen molar-refractivity contribution >= 4 is 11.7 Å². The van der Waals surface area contributed by atoms with Crippen LogP contribution in [0.5, 0.6) is 5.75 Å². The number of benzene rings is 1. The number of hydrogen-bond donors (Lipinski definition) is 0. The molecule has 1 unspecified atom stereocenters. The van der Waals surface area contributed by atoms with Crippen LogP contribution in [-0.2, 0) is 14.4 Å². The Bertz CT molecular complexity index is 848. The highest BCUT2D eigenvalue weighted by atomic mass is 16.8. The molecular formula is C22H27NO4. The molecule has 27 heavy (non-hydrogen) atoms. The molecule has 0 saturated heterocycles. The molecule has 0 saturated carbocycles. The molecule has 1 spiro atoms. The number of ketones is 1. The first-order chi connectivity index (χ1) is 12.5. The number of oxime groups is 1. The Morgan fingerprint density at radius 1 is 0.963 bits per heavy atom. The van der Waals surface area contributed by atoms with Gasteiger partial charge in [-0.2, -0.15) is 0 Å². The fourth-order valence-electron chi connectivity index (χ4n) is 3.13. The number of nitrogens with zero attached hydrogens (tertiary/aromatic N) is 1. The predicted octanol–water partition coefficient (Wildman–Crippen LogP) is 4.63. The van der Waals surface area contributed by atoms with E-state index in [2.05, 4.69) is 25.9 Å². The second kappa shape index (κ2) is 6.25. The molecular weight excluding hydrogens is 342 g/mol. The Labute approximate surface area is 160 Å². The van der Waals surface area contributed by atoms with Crippen LogP contribution in [0.25, 0.3) is 0 Å². The van der Waals surface area contributed by atoms with E-state index in [9.17, 15) is 4.79 Å². The van der Waals surface area contributed by atoms with Gasteiger partial charge in [-0.05, 0) is 51.9 Å². The molecule has 0 fully saturated rings. The SMILES string of the molecule is COc1ccc(C2=NOC3(O2)C(=O)C=C(C(C)(C)C)C=C3C(C)(C)C)cc1. The fraction of sp³-hybridized carbons (Fsp3) is 0.455. The summed E-state index contributed by atoms with van der Waals surface area (Å²) in [5, 5.41) is 4.10. The zero-order valence-corrected chi connectivity index (χ0v) is 17.0. The lowest BCUT2D eigenvalue weighted by Gasteiger charge is -2.38.